The van der Waals surface area contributed by atoms with Gasteiger partial charge in [0.1, 0.15) is 11.8 Å². The normalized spacial score (nSPS) is 11.5. The van der Waals surface area contributed by atoms with Crippen molar-refractivity contribution in [3.8, 4) is 5.75 Å². The van der Waals surface area contributed by atoms with E-state index < -0.39 is 6.04 Å². The second-order valence-electron chi connectivity index (χ2n) is 5.45. The molecule has 1 atom stereocenters. The van der Waals surface area contributed by atoms with Crippen molar-refractivity contribution in [2.45, 2.75) is 6.04 Å². The van der Waals surface area contributed by atoms with Gasteiger partial charge < -0.3 is 10.1 Å². The summed E-state index contributed by atoms with van der Waals surface area (Å²) in [6.45, 7) is 0. The fourth-order valence-corrected chi connectivity index (χ4v) is 2.57. The number of rotatable bonds is 6. The van der Waals surface area contributed by atoms with E-state index in [4.69, 9.17) is 4.74 Å². The van der Waals surface area contributed by atoms with Crippen LogP contribution in [0, 0.1) is 0 Å². The Morgan fingerprint density at radius 3 is 2.00 bits per heavy atom. The highest BCUT2D eigenvalue weighted by molar-refractivity contribution is 6.02. The summed E-state index contributed by atoms with van der Waals surface area (Å²) in [6, 6.07) is 26.2. The molecule has 0 aliphatic heterocycles. The number of para-hydroxylation sites is 1. The first-order valence-corrected chi connectivity index (χ1v) is 7.83. The third-order valence-electron chi connectivity index (χ3n) is 3.85. The Morgan fingerprint density at radius 1 is 0.833 bits per heavy atom. The number of carbonyl (C=O) groups is 1. The Morgan fingerprint density at radius 2 is 1.42 bits per heavy atom. The Hall–Kier alpha value is -3.07. The number of ketones is 1. The molecule has 0 fully saturated rings. The molecule has 0 saturated carbocycles. The van der Waals surface area contributed by atoms with E-state index in [9.17, 15) is 4.79 Å². The fraction of sp³-hybridized carbons (Fsp3) is 0.0952. The molecule has 0 aromatic heterocycles. The van der Waals surface area contributed by atoms with Gasteiger partial charge in [0.15, 0.2) is 5.78 Å². The van der Waals surface area contributed by atoms with Gasteiger partial charge in [0, 0.05) is 11.3 Å². The molecule has 0 saturated heterocycles. The van der Waals surface area contributed by atoms with Crippen LogP contribution in [0.2, 0.25) is 0 Å². The number of Topliss-reactive ketones (excluding diaryl/α,β-unsaturated/α-hetero) is 1. The van der Waals surface area contributed by atoms with Crippen molar-refractivity contribution in [2.24, 2.45) is 0 Å². The molecule has 120 valence electrons. The van der Waals surface area contributed by atoms with Gasteiger partial charge in [0.2, 0.25) is 0 Å². The first-order valence-electron chi connectivity index (χ1n) is 7.83. The summed E-state index contributed by atoms with van der Waals surface area (Å²) in [7, 11) is 1.63. The third kappa shape index (κ3) is 3.63. The molecule has 0 radical (unpaired) electrons. The second kappa shape index (κ2) is 7.47. The van der Waals surface area contributed by atoms with Crippen LogP contribution in [0.15, 0.2) is 84.9 Å². The molecule has 3 aromatic rings. The molecule has 0 aliphatic rings. The highest BCUT2D eigenvalue weighted by Gasteiger charge is 2.22. The van der Waals surface area contributed by atoms with Crippen LogP contribution in [0.5, 0.6) is 5.75 Å². The van der Waals surface area contributed by atoms with Crippen LogP contribution in [0.1, 0.15) is 22.0 Å². The van der Waals surface area contributed by atoms with Crippen LogP contribution < -0.4 is 10.1 Å². The monoisotopic (exact) mass is 317 g/mol. The number of hydrogen-bond acceptors (Lipinski definition) is 3. The topological polar surface area (TPSA) is 38.3 Å². The second-order valence-corrected chi connectivity index (χ2v) is 5.45. The molecular formula is C21H19NO2. The number of benzene rings is 3. The van der Waals surface area contributed by atoms with E-state index in [1.54, 1.807) is 7.11 Å². The van der Waals surface area contributed by atoms with Crippen molar-refractivity contribution in [1.82, 2.24) is 0 Å². The average molecular weight is 317 g/mol. The third-order valence-corrected chi connectivity index (χ3v) is 3.85. The minimum atomic E-state index is -0.458. The Labute approximate surface area is 141 Å². The maximum atomic E-state index is 13.0. The highest BCUT2D eigenvalue weighted by Crippen LogP contribution is 2.25. The highest BCUT2D eigenvalue weighted by atomic mass is 16.5. The summed E-state index contributed by atoms with van der Waals surface area (Å²) >= 11 is 0. The molecule has 1 N–H and O–H groups in total. The number of hydrogen-bond donors (Lipinski definition) is 1. The summed E-state index contributed by atoms with van der Waals surface area (Å²) in [5.41, 5.74) is 2.48. The van der Waals surface area contributed by atoms with Gasteiger partial charge >= 0.3 is 0 Å². The molecular weight excluding hydrogens is 298 g/mol. The Kier molecular flexibility index (Phi) is 4.92. The maximum Gasteiger partial charge on any atom is 0.189 e. The van der Waals surface area contributed by atoms with Gasteiger partial charge in [-0.1, -0.05) is 60.7 Å². The lowest BCUT2D eigenvalue weighted by molar-refractivity contribution is 0.0969. The molecule has 0 bridgehead atoms. The summed E-state index contributed by atoms with van der Waals surface area (Å²) < 4.78 is 5.21. The predicted octanol–water partition coefficient (Wildman–Crippen LogP) is 4.73. The van der Waals surface area contributed by atoms with Crippen molar-refractivity contribution >= 4 is 11.5 Å². The molecule has 0 amide bonds. The summed E-state index contributed by atoms with van der Waals surface area (Å²) in [4.78, 5) is 13.0. The van der Waals surface area contributed by atoms with Gasteiger partial charge in [-0.15, -0.1) is 0 Å². The van der Waals surface area contributed by atoms with Crippen LogP contribution in [-0.4, -0.2) is 12.9 Å². The van der Waals surface area contributed by atoms with Crippen molar-refractivity contribution in [3.05, 3.63) is 96.1 Å². The first-order chi connectivity index (χ1) is 11.8. The zero-order valence-electron chi connectivity index (χ0n) is 13.5. The maximum absolute atomic E-state index is 13.0. The van der Waals surface area contributed by atoms with E-state index in [1.807, 2.05) is 84.9 Å². The molecule has 0 spiro atoms. The molecule has 3 nitrogen and oxygen atoms in total. The van der Waals surface area contributed by atoms with E-state index >= 15 is 0 Å². The lowest BCUT2D eigenvalue weighted by Gasteiger charge is -2.20. The summed E-state index contributed by atoms with van der Waals surface area (Å²) in [5, 5.41) is 3.34. The minimum Gasteiger partial charge on any atom is -0.497 e. The van der Waals surface area contributed by atoms with Crippen LogP contribution in [0.3, 0.4) is 0 Å². The van der Waals surface area contributed by atoms with E-state index in [1.165, 1.54) is 0 Å². The molecule has 0 aliphatic carbocycles. The molecule has 3 aromatic carbocycles. The van der Waals surface area contributed by atoms with Crippen molar-refractivity contribution in [1.29, 1.82) is 0 Å². The standard InChI is InChI=1S/C21H19NO2/c1-24-19-14-12-16(13-15-19)20(22-18-10-6-3-7-11-18)21(23)17-8-4-2-5-9-17/h2-15,20,22H,1H3/t20-/m1/s1. The van der Waals surface area contributed by atoms with E-state index in [0.717, 1.165) is 17.0 Å². The van der Waals surface area contributed by atoms with E-state index in [-0.39, 0.29) is 5.78 Å². The van der Waals surface area contributed by atoms with Crippen LogP contribution in [-0.2, 0) is 0 Å². The molecule has 3 rings (SSSR count). The first kappa shape index (κ1) is 15.8. The van der Waals surface area contributed by atoms with E-state index in [2.05, 4.69) is 5.32 Å². The number of carbonyl (C=O) groups excluding carboxylic acids is 1. The predicted molar refractivity (Wildman–Crippen MR) is 96.6 cm³/mol. The van der Waals surface area contributed by atoms with E-state index in [0.29, 0.717) is 5.56 Å². The molecule has 0 heterocycles. The van der Waals surface area contributed by atoms with Crippen molar-refractivity contribution < 1.29 is 9.53 Å². The number of nitrogens with one attached hydrogen (secondary N) is 1. The molecule has 0 unspecified atom stereocenters. The zero-order valence-corrected chi connectivity index (χ0v) is 13.5. The SMILES string of the molecule is COc1ccc([C@@H](Nc2ccccc2)C(=O)c2ccccc2)cc1. The van der Waals surface area contributed by atoms with Crippen molar-refractivity contribution in [2.75, 3.05) is 12.4 Å². The molecule has 3 heteroatoms. The van der Waals surface area contributed by atoms with Crippen LogP contribution >= 0.6 is 0 Å². The van der Waals surface area contributed by atoms with Crippen LogP contribution in [0.25, 0.3) is 0 Å². The molecule has 24 heavy (non-hydrogen) atoms. The fourth-order valence-electron chi connectivity index (χ4n) is 2.57. The van der Waals surface area contributed by atoms with Gasteiger partial charge in [0.25, 0.3) is 0 Å². The largest absolute Gasteiger partial charge is 0.497 e. The van der Waals surface area contributed by atoms with Gasteiger partial charge in [-0.2, -0.15) is 0 Å². The van der Waals surface area contributed by atoms with Crippen molar-refractivity contribution in [3.63, 3.8) is 0 Å². The van der Waals surface area contributed by atoms with Gasteiger partial charge in [-0.05, 0) is 29.8 Å². The number of methoxy groups -OCH3 is 1. The zero-order chi connectivity index (χ0) is 16.8. The Bertz CT molecular complexity index is 783. The number of anilines is 1. The smallest absolute Gasteiger partial charge is 0.189 e. The summed E-state index contributed by atoms with van der Waals surface area (Å²) in [5.74, 6) is 0.800. The van der Waals surface area contributed by atoms with Gasteiger partial charge in [-0.3, -0.25) is 4.79 Å². The Balaban J connectivity index is 1.95. The average Bonchev–Trinajstić information content (AvgIpc) is 2.67. The van der Waals surface area contributed by atoms with Gasteiger partial charge in [-0.25, -0.2) is 0 Å². The summed E-state index contributed by atoms with van der Waals surface area (Å²) in [6.07, 6.45) is 0. The minimum absolute atomic E-state index is 0.0321. The quantitative estimate of drug-likeness (QED) is 0.668. The lowest BCUT2D eigenvalue weighted by atomic mass is 9.97. The van der Waals surface area contributed by atoms with Gasteiger partial charge in [0.05, 0.1) is 7.11 Å². The lowest BCUT2D eigenvalue weighted by Crippen LogP contribution is -2.21. The van der Waals surface area contributed by atoms with Crippen LogP contribution in [0.4, 0.5) is 5.69 Å². The number of ether oxygens (including phenoxy) is 1.